The van der Waals surface area contributed by atoms with Gasteiger partial charge in [-0.2, -0.15) is 0 Å². The van der Waals surface area contributed by atoms with E-state index >= 15 is 0 Å². The van der Waals surface area contributed by atoms with E-state index in [2.05, 4.69) is 37.9 Å². The zero-order chi connectivity index (χ0) is 17.9. The fraction of sp³-hybridized carbons (Fsp3) is 0.500. The van der Waals surface area contributed by atoms with Crippen molar-refractivity contribution in [3.63, 3.8) is 0 Å². The number of halogens is 1. The molecule has 0 amide bonds. The molecule has 2 aliphatic carbocycles. The van der Waals surface area contributed by atoms with Crippen molar-refractivity contribution in [2.75, 3.05) is 17.9 Å². The van der Waals surface area contributed by atoms with E-state index in [0.717, 1.165) is 34.9 Å². The average molecular weight is 439 g/mol. The van der Waals surface area contributed by atoms with Gasteiger partial charge in [-0.05, 0) is 49.8 Å². The molecule has 1 aromatic carbocycles. The summed E-state index contributed by atoms with van der Waals surface area (Å²) in [7, 11) is -3.50. The van der Waals surface area contributed by atoms with Crippen LogP contribution in [0, 0.1) is 0 Å². The van der Waals surface area contributed by atoms with Crippen molar-refractivity contribution in [1.82, 2.24) is 5.16 Å². The smallest absolute Gasteiger partial charge is 0.237 e. The van der Waals surface area contributed by atoms with Crippen LogP contribution in [0.15, 0.2) is 27.2 Å². The number of anilines is 1. The minimum Gasteiger partial charge on any atom is -0.381 e. The number of hydrogen-bond donors (Lipinski definition) is 1. The highest BCUT2D eigenvalue weighted by molar-refractivity contribution is 9.10. The third kappa shape index (κ3) is 2.61. The van der Waals surface area contributed by atoms with Gasteiger partial charge in [-0.15, -0.1) is 0 Å². The summed E-state index contributed by atoms with van der Waals surface area (Å²) in [6.45, 7) is 0.958. The summed E-state index contributed by atoms with van der Waals surface area (Å²) in [6, 6.07) is 6.23. The maximum Gasteiger partial charge on any atom is 0.237 e. The van der Waals surface area contributed by atoms with Crippen molar-refractivity contribution >= 4 is 31.8 Å². The molecule has 2 aromatic rings. The van der Waals surface area contributed by atoms with Gasteiger partial charge in [0.15, 0.2) is 11.6 Å². The molecule has 138 valence electrons. The summed E-state index contributed by atoms with van der Waals surface area (Å²) in [5, 5.41) is 3.65. The van der Waals surface area contributed by atoms with Crippen LogP contribution in [-0.2, 0) is 26.6 Å². The quantitative estimate of drug-likeness (QED) is 0.791. The Balaban J connectivity index is 1.53. The molecule has 0 atom stereocenters. The topological polar surface area (TPSA) is 81.4 Å². The van der Waals surface area contributed by atoms with Crippen molar-refractivity contribution in [3.8, 4) is 11.3 Å². The SMILES string of the molecule is O=S(=O)(Nc1noc2c1CC1(CC1)c1ccc(Br)cc1-2)C1CCOCC1. The highest BCUT2D eigenvalue weighted by Crippen LogP contribution is 2.58. The fourth-order valence-corrected chi connectivity index (χ4v) is 5.94. The maximum absolute atomic E-state index is 12.8. The summed E-state index contributed by atoms with van der Waals surface area (Å²) in [5.74, 6) is 1.03. The number of benzene rings is 1. The molecule has 1 spiro atoms. The third-order valence-electron chi connectivity index (χ3n) is 5.80. The second-order valence-corrected chi connectivity index (χ2v) is 10.3. The highest BCUT2D eigenvalue weighted by atomic mass is 79.9. The third-order valence-corrected chi connectivity index (χ3v) is 8.12. The molecule has 6 nitrogen and oxygen atoms in total. The standard InChI is InChI=1S/C18H19BrN2O4S/c19-11-1-2-15-13(9-11)16-14(10-18(15)5-6-18)17(20-25-16)21-26(22,23)12-3-7-24-8-4-12/h1-2,9,12H,3-8,10H2,(H,20,21). The molecule has 3 aliphatic rings. The summed E-state index contributed by atoms with van der Waals surface area (Å²) in [4.78, 5) is 0. The van der Waals surface area contributed by atoms with Gasteiger partial charge in [-0.25, -0.2) is 8.42 Å². The molecule has 2 heterocycles. The van der Waals surface area contributed by atoms with Gasteiger partial charge in [0, 0.05) is 34.2 Å². The van der Waals surface area contributed by atoms with E-state index in [-0.39, 0.29) is 5.41 Å². The first-order chi connectivity index (χ1) is 12.5. The largest absolute Gasteiger partial charge is 0.381 e. The second kappa shape index (κ2) is 5.81. The van der Waals surface area contributed by atoms with Crippen LogP contribution in [0.5, 0.6) is 0 Å². The number of rotatable bonds is 3. The van der Waals surface area contributed by atoms with Crippen LogP contribution in [0.3, 0.4) is 0 Å². The van der Waals surface area contributed by atoms with Crippen LogP contribution in [-0.4, -0.2) is 32.0 Å². The number of nitrogens with one attached hydrogen (secondary N) is 1. The van der Waals surface area contributed by atoms with Crippen LogP contribution < -0.4 is 4.72 Å². The molecule has 2 fully saturated rings. The second-order valence-electron chi connectivity index (χ2n) is 7.44. The summed E-state index contributed by atoms with van der Waals surface area (Å²) < 4.78 is 40.1. The molecule has 1 aliphatic heterocycles. The molecule has 1 saturated heterocycles. The first-order valence-electron chi connectivity index (χ1n) is 8.87. The van der Waals surface area contributed by atoms with Gasteiger partial charge < -0.3 is 9.26 Å². The van der Waals surface area contributed by atoms with Gasteiger partial charge in [0.25, 0.3) is 0 Å². The van der Waals surface area contributed by atoms with E-state index in [0.29, 0.717) is 37.6 Å². The van der Waals surface area contributed by atoms with Crippen LogP contribution in [0.4, 0.5) is 5.82 Å². The fourth-order valence-electron chi connectivity index (χ4n) is 4.17. The van der Waals surface area contributed by atoms with Crippen LogP contribution in [0.2, 0.25) is 0 Å². The van der Waals surface area contributed by atoms with Crippen molar-refractivity contribution in [3.05, 3.63) is 33.8 Å². The number of nitrogens with zero attached hydrogens (tertiary/aromatic N) is 1. The van der Waals surface area contributed by atoms with Gasteiger partial charge in [0.05, 0.1) is 5.25 Å². The van der Waals surface area contributed by atoms with E-state index in [1.165, 1.54) is 5.56 Å². The zero-order valence-electron chi connectivity index (χ0n) is 14.1. The average Bonchev–Trinajstić information content (AvgIpc) is 3.29. The normalized spacial score (nSPS) is 21.3. The van der Waals surface area contributed by atoms with Crippen LogP contribution in [0.25, 0.3) is 11.3 Å². The molecular formula is C18H19BrN2O4S. The molecule has 0 radical (unpaired) electrons. The molecule has 5 rings (SSSR count). The molecule has 0 bridgehead atoms. The number of sulfonamides is 1. The Morgan fingerprint density at radius 3 is 2.73 bits per heavy atom. The van der Waals surface area contributed by atoms with Gasteiger partial charge in [0.1, 0.15) is 0 Å². The predicted molar refractivity (Wildman–Crippen MR) is 101 cm³/mol. The Hall–Kier alpha value is -1.38. The van der Waals surface area contributed by atoms with E-state index in [4.69, 9.17) is 9.26 Å². The molecule has 8 heteroatoms. The minimum absolute atomic E-state index is 0.105. The zero-order valence-corrected chi connectivity index (χ0v) is 16.5. The lowest BCUT2D eigenvalue weighted by molar-refractivity contribution is 0.0984. The Kier molecular flexibility index (Phi) is 3.75. The molecular weight excluding hydrogens is 420 g/mol. The van der Waals surface area contributed by atoms with Crippen molar-refractivity contribution in [2.24, 2.45) is 0 Å². The number of fused-ring (bicyclic) bond motifs is 4. The van der Waals surface area contributed by atoms with Gasteiger partial charge >= 0.3 is 0 Å². The van der Waals surface area contributed by atoms with E-state index in [1.807, 2.05) is 6.07 Å². The van der Waals surface area contributed by atoms with E-state index < -0.39 is 15.3 Å². The molecule has 26 heavy (non-hydrogen) atoms. The minimum atomic E-state index is -3.50. The van der Waals surface area contributed by atoms with E-state index in [9.17, 15) is 8.42 Å². The summed E-state index contributed by atoms with van der Waals surface area (Å²) in [6.07, 6.45) is 4.01. The lowest BCUT2D eigenvalue weighted by Crippen LogP contribution is -2.33. The lowest BCUT2D eigenvalue weighted by Gasteiger charge is -2.25. The highest BCUT2D eigenvalue weighted by Gasteiger charge is 2.50. The van der Waals surface area contributed by atoms with Gasteiger partial charge in [0.2, 0.25) is 10.0 Å². The molecule has 0 unspecified atom stereocenters. The van der Waals surface area contributed by atoms with Crippen LogP contribution in [0.1, 0.15) is 36.8 Å². The molecule has 1 aromatic heterocycles. The Labute approximate surface area is 160 Å². The number of aromatic nitrogens is 1. The van der Waals surface area contributed by atoms with Gasteiger partial charge in [-0.1, -0.05) is 27.2 Å². The van der Waals surface area contributed by atoms with E-state index in [1.54, 1.807) is 0 Å². The Morgan fingerprint density at radius 2 is 2.00 bits per heavy atom. The number of hydrogen-bond acceptors (Lipinski definition) is 5. The number of ether oxygens (including phenoxy) is 1. The first kappa shape index (κ1) is 16.8. The monoisotopic (exact) mass is 438 g/mol. The Bertz CT molecular complexity index is 975. The summed E-state index contributed by atoms with van der Waals surface area (Å²) >= 11 is 3.52. The van der Waals surface area contributed by atoms with Gasteiger partial charge in [-0.3, -0.25) is 4.72 Å². The summed E-state index contributed by atoms with van der Waals surface area (Å²) in [5.41, 5.74) is 3.28. The molecule has 1 N–H and O–H groups in total. The Morgan fingerprint density at radius 1 is 1.23 bits per heavy atom. The first-order valence-corrected chi connectivity index (χ1v) is 11.2. The maximum atomic E-state index is 12.8. The van der Waals surface area contributed by atoms with Crippen LogP contribution >= 0.6 is 15.9 Å². The lowest BCUT2D eigenvalue weighted by atomic mass is 9.79. The van der Waals surface area contributed by atoms with Crippen molar-refractivity contribution < 1.29 is 17.7 Å². The predicted octanol–water partition coefficient (Wildman–Crippen LogP) is 3.61. The van der Waals surface area contributed by atoms with Crippen molar-refractivity contribution in [2.45, 2.75) is 42.8 Å². The molecule has 1 saturated carbocycles. The van der Waals surface area contributed by atoms with Crippen molar-refractivity contribution in [1.29, 1.82) is 0 Å².